The fourth-order valence-electron chi connectivity index (χ4n) is 3.84. The van der Waals surface area contributed by atoms with Crippen molar-refractivity contribution in [3.63, 3.8) is 0 Å². The summed E-state index contributed by atoms with van der Waals surface area (Å²) >= 11 is 0. The SMILES string of the molecule is Cc1oc(-c2ccc(C(F)(F)F)cc2)nc1-c1ccc(-c2cccc(Cn3oc(=O)[nH]c3=O)c2)cc1. The molecule has 2 aromatic heterocycles. The van der Waals surface area contributed by atoms with Gasteiger partial charge in [0, 0.05) is 11.1 Å². The molecule has 0 aliphatic carbocycles. The van der Waals surface area contributed by atoms with Gasteiger partial charge >= 0.3 is 17.6 Å². The molecule has 0 spiro atoms. The Morgan fingerprint density at radius 2 is 1.56 bits per heavy atom. The third-order valence-electron chi connectivity index (χ3n) is 5.63. The summed E-state index contributed by atoms with van der Waals surface area (Å²) in [5, 5.41) is 0. The van der Waals surface area contributed by atoms with E-state index in [4.69, 9.17) is 8.94 Å². The van der Waals surface area contributed by atoms with Crippen LogP contribution in [0.4, 0.5) is 13.2 Å². The van der Waals surface area contributed by atoms with E-state index >= 15 is 0 Å². The van der Waals surface area contributed by atoms with Gasteiger partial charge in [0.25, 0.3) is 0 Å². The molecule has 7 nitrogen and oxygen atoms in total. The summed E-state index contributed by atoms with van der Waals surface area (Å²) in [5.41, 5.74) is 3.05. The zero-order valence-electron chi connectivity index (χ0n) is 18.8. The molecule has 0 radical (unpaired) electrons. The van der Waals surface area contributed by atoms with Crippen LogP contribution in [0.15, 0.2) is 91.3 Å². The first-order valence-corrected chi connectivity index (χ1v) is 10.8. The molecule has 0 saturated heterocycles. The zero-order chi connectivity index (χ0) is 25.4. The Hall–Kier alpha value is -4.60. The molecule has 5 aromatic rings. The maximum atomic E-state index is 12.8. The van der Waals surface area contributed by atoms with Crippen LogP contribution in [-0.4, -0.2) is 14.7 Å². The van der Waals surface area contributed by atoms with Crippen molar-refractivity contribution in [2.45, 2.75) is 19.6 Å². The Bertz CT molecular complexity index is 1640. The fraction of sp³-hybridized carbons (Fsp3) is 0.115. The van der Waals surface area contributed by atoms with Crippen LogP contribution in [0.3, 0.4) is 0 Å². The summed E-state index contributed by atoms with van der Waals surface area (Å²) in [4.78, 5) is 29.4. The van der Waals surface area contributed by atoms with E-state index in [1.807, 2.05) is 53.5 Å². The summed E-state index contributed by atoms with van der Waals surface area (Å²) in [6.07, 6.45) is -4.41. The van der Waals surface area contributed by atoms with E-state index in [0.29, 0.717) is 17.0 Å². The van der Waals surface area contributed by atoms with Crippen molar-refractivity contribution in [2.24, 2.45) is 0 Å². The number of benzene rings is 3. The third-order valence-corrected chi connectivity index (χ3v) is 5.63. The summed E-state index contributed by atoms with van der Waals surface area (Å²) < 4.78 is 50.0. The van der Waals surface area contributed by atoms with Gasteiger partial charge in [-0.2, -0.15) is 13.2 Å². The van der Waals surface area contributed by atoms with Gasteiger partial charge in [-0.25, -0.2) is 19.6 Å². The number of oxazole rings is 1. The van der Waals surface area contributed by atoms with Crippen molar-refractivity contribution in [3.05, 3.63) is 111 Å². The molecule has 2 heterocycles. The molecular weight excluding hydrogens is 475 g/mol. The molecule has 3 aromatic carbocycles. The van der Waals surface area contributed by atoms with E-state index in [1.165, 1.54) is 12.1 Å². The highest BCUT2D eigenvalue weighted by Gasteiger charge is 2.30. The summed E-state index contributed by atoms with van der Waals surface area (Å²) in [6, 6.07) is 19.7. The predicted octanol–water partition coefficient (Wildman–Crippen LogP) is 5.49. The number of nitrogens with zero attached hydrogens (tertiary/aromatic N) is 2. The molecule has 0 fully saturated rings. The average molecular weight is 493 g/mol. The molecule has 0 aliphatic heterocycles. The highest BCUT2D eigenvalue weighted by atomic mass is 19.4. The largest absolute Gasteiger partial charge is 0.441 e. The van der Waals surface area contributed by atoms with Crippen LogP contribution in [0, 0.1) is 6.92 Å². The Morgan fingerprint density at radius 1 is 0.889 bits per heavy atom. The van der Waals surface area contributed by atoms with Gasteiger partial charge in [-0.3, -0.25) is 0 Å². The number of alkyl halides is 3. The minimum Gasteiger partial charge on any atom is -0.441 e. The lowest BCUT2D eigenvalue weighted by Gasteiger charge is -2.06. The molecule has 1 N–H and O–H groups in total. The number of hydrogen-bond donors (Lipinski definition) is 1. The van der Waals surface area contributed by atoms with Gasteiger partial charge in [-0.05, 0) is 53.9 Å². The molecule has 0 saturated carbocycles. The number of H-pyrrole nitrogens is 1. The number of aromatic amines is 1. The highest BCUT2D eigenvalue weighted by Crippen LogP contribution is 2.33. The van der Waals surface area contributed by atoms with Crippen molar-refractivity contribution in [1.29, 1.82) is 0 Å². The van der Waals surface area contributed by atoms with Gasteiger partial charge in [0.2, 0.25) is 5.89 Å². The van der Waals surface area contributed by atoms with Crippen molar-refractivity contribution < 1.29 is 22.1 Å². The van der Waals surface area contributed by atoms with E-state index in [1.54, 1.807) is 6.92 Å². The van der Waals surface area contributed by atoms with Gasteiger partial charge in [0.15, 0.2) is 0 Å². The Kier molecular flexibility index (Phi) is 5.71. The van der Waals surface area contributed by atoms with Gasteiger partial charge < -0.3 is 8.94 Å². The predicted molar refractivity (Wildman–Crippen MR) is 125 cm³/mol. The van der Waals surface area contributed by atoms with Gasteiger partial charge in [-0.15, -0.1) is 4.74 Å². The summed E-state index contributed by atoms with van der Waals surface area (Å²) in [7, 11) is 0. The van der Waals surface area contributed by atoms with Crippen molar-refractivity contribution in [3.8, 4) is 33.8 Å². The first kappa shape index (κ1) is 23.2. The highest BCUT2D eigenvalue weighted by molar-refractivity contribution is 5.71. The molecule has 0 amide bonds. The number of aryl methyl sites for hydroxylation is 1. The second kappa shape index (κ2) is 8.88. The van der Waals surface area contributed by atoms with Crippen LogP contribution in [-0.2, 0) is 12.7 Å². The third kappa shape index (κ3) is 4.65. The smallest absolute Gasteiger partial charge is 0.440 e. The quantitative estimate of drug-likeness (QED) is 0.349. The molecule has 5 rings (SSSR count). The van der Waals surface area contributed by atoms with Crippen molar-refractivity contribution in [1.82, 2.24) is 14.7 Å². The van der Waals surface area contributed by atoms with Crippen LogP contribution in [0.2, 0.25) is 0 Å². The summed E-state index contributed by atoms with van der Waals surface area (Å²) in [5.74, 6) is -0.0332. The molecule has 0 bridgehead atoms. The number of hydrogen-bond acceptors (Lipinski definition) is 5. The van der Waals surface area contributed by atoms with Crippen LogP contribution in [0.1, 0.15) is 16.9 Å². The minimum absolute atomic E-state index is 0.106. The van der Waals surface area contributed by atoms with E-state index in [2.05, 4.69) is 4.98 Å². The Morgan fingerprint density at radius 3 is 2.19 bits per heavy atom. The Balaban J connectivity index is 1.38. The van der Waals surface area contributed by atoms with Gasteiger partial charge in [0.1, 0.15) is 11.5 Å². The first-order valence-electron chi connectivity index (χ1n) is 10.8. The van der Waals surface area contributed by atoms with E-state index in [0.717, 1.165) is 39.1 Å². The molecule has 0 atom stereocenters. The Labute approximate surface area is 201 Å². The first-order chi connectivity index (χ1) is 17.2. The average Bonchev–Trinajstić information content (AvgIpc) is 3.39. The van der Waals surface area contributed by atoms with Crippen LogP contribution in [0.5, 0.6) is 0 Å². The lowest BCUT2D eigenvalue weighted by molar-refractivity contribution is -0.137. The second-order valence-corrected chi connectivity index (χ2v) is 8.12. The van der Waals surface area contributed by atoms with E-state index in [9.17, 15) is 22.8 Å². The van der Waals surface area contributed by atoms with Crippen molar-refractivity contribution in [2.75, 3.05) is 0 Å². The number of halogens is 3. The van der Waals surface area contributed by atoms with E-state index in [-0.39, 0.29) is 12.4 Å². The number of aromatic nitrogens is 3. The fourth-order valence-corrected chi connectivity index (χ4v) is 3.84. The molecule has 0 unspecified atom stereocenters. The van der Waals surface area contributed by atoms with Gasteiger partial charge in [0.05, 0.1) is 12.1 Å². The monoisotopic (exact) mass is 493 g/mol. The minimum atomic E-state index is -4.41. The zero-order valence-corrected chi connectivity index (χ0v) is 18.8. The molecular formula is C26H18F3N3O4. The van der Waals surface area contributed by atoms with Crippen LogP contribution >= 0.6 is 0 Å². The maximum absolute atomic E-state index is 12.8. The van der Waals surface area contributed by atoms with E-state index < -0.39 is 23.2 Å². The maximum Gasteiger partial charge on any atom is 0.440 e. The lowest BCUT2D eigenvalue weighted by atomic mass is 10.0. The molecule has 182 valence electrons. The van der Waals surface area contributed by atoms with Crippen LogP contribution in [0.25, 0.3) is 33.8 Å². The topological polar surface area (TPSA) is 94.0 Å². The number of rotatable bonds is 5. The normalized spacial score (nSPS) is 11.7. The molecule has 10 heteroatoms. The lowest BCUT2D eigenvalue weighted by Crippen LogP contribution is -2.17. The molecule has 0 aliphatic rings. The number of nitrogens with one attached hydrogen (secondary N) is 1. The summed E-state index contributed by atoms with van der Waals surface area (Å²) in [6.45, 7) is 1.85. The standard InChI is InChI=1S/C26H18F3N3O4/c1-15-22(30-23(35-15)19-9-11-21(12-10-19)26(27,28)29)18-7-5-17(6-8-18)20-4-2-3-16(13-20)14-32-24(33)31-25(34)36-32/h2-13H,14H2,1H3,(H,31,33,34). The molecule has 36 heavy (non-hydrogen) atoms. The van der Waals surface area contributed by atoms with Gasteiger partial charge in [-0.1, -0.05) is 42.5 Å². The van der Waals surface area contributed by atoms with Crippen molar-refractivity contribution >= 4 is 0 Å². The van der Waals surface area contributed by atoms with Crippen LogP contribution < -0.4 is 11.4 Å². The second-order valence-electron chi connectivity index (χ2n) is 8.12.